The van der Waals surface area contributed by atoms with Crippen molar-refractivity contribution in [3.63, 3.8) is 0 Å². The maximum atomic E-state index is 12.0. The van der Waals surface area contributed by atoms with Gasteiger partial charge in [-0.1, -0.05) is 30.3 Å². The molecule has 1 amide bonds. The molecule has 1 atom stereocenters. The number of carbonyl (C=O) groups is 2. The number of methoxy groups -OCH3 is 1. The summed E-state index contributed by atoms with van der Waals surface area (Å²) in [5, 5.41) is 12.7. The number of ether oxygens (including phenoxy) is 2. The van der Waals surface area contributed by atoms with Gasteiger partial charge in [-0.05, 0) is 23.3 Å². The normalized spacial score (nSPS) is 11.7. The van der Waals surface area contributed by atoms with Gasteiger partial charge in [0, 0.05) is 29.6 Å². The Balaban J connectivity index is 1.65. The minimum atomic E-state index is -1.13. The van der Waals surface area contributed by atoms with Crippen LogP contribution in [0.3, 0.4) is 0 Å². The lowest BCUT2D eigenvalue weighted by atomic mass is 10.1. The summed E-state index contributed by atoms with van der Waals surface area (Å²) in [7, 11) is 1.58. The van der Waals surface area contributed by atoms with Gasteiger partial charge in [0.05, 0.1) is 7.11 Å². The number of rotatable bonds is 7. The van der Waals surface area contributed by atoms with Crippen LogP contribution in [-0.4, -0.2) is 35.3 Å². The van der Waals surface area contributed by atoms with Crippen LogP contribution < -0.4 is 10.1 Å². The molecule has 1 aromatic heterocycles. The van der Waals surface area contributed by atoms with Gasteiger partial charge in [0.15, 0.2) is 0 Å². The first-order valence-electron chi connectivity index (χ1n) is 8.41. The van der Waals surface area contributed by atoms with E-state index in [9.17, 15) is 14.7 Å². The fraction of sp³-hybridized carbons (Fsp3) is 0.200. The first kappa shape index (κ1) is 18.3. The predicted octanol–water partition coefficient (Wildman–Crippen LogP) is 3.10. The summed E-state index contributed by atoms with van der Waals surface area (Å²) in [6, 6.07) is 13.6. The molecule has 2 aromatic carbocycles. The molecule has 27 heavy (non-hydrogen) atoms. The molecule has 3 aromatic rings. The lowest BCUT2D eigenvalue weighted by Gasteiger charge is -2.14. The average Bonchev–Trinajstić information content (AvgIpc) is 3.08. The summed E-state index contributed by atoms with van der Waals surface area (Å²) in [6.45, 7) is 0.0753. The van der Waals surface area contributed by atoms with Gasteiger partial charge < -0.3 is 24.9 Å². The highest BCUT2D eigenvalue weighted by molar-refractivity contribution is 5.86. The van der Waals surface area contributed by atoms with Crippen molar-refractivity contribution in [2.45, 2.75) is 19.1 Å². The monoisotopic (exact) mass is 368 g/mol. The van der Waals surface area contributed by atoms with Crippen LogP contribution in [0.4, 0.5) is 4.79 Å². The number of aromatic amines is 1. The first-order chi connectivity index (χ1) is 13.1. The Labute approximate surface area is 155 Å². The van der Waals surface area contributed by atoms with E-state index >= 15 is 0 Å². The second-order valence-corrected chi connectivity index (χ2v) is 6.03. The Morgan fingerprint density at radius 3 is 2.67 bits per heavy atom. The molecule has 0 saturated carbocycles. The molecule has 0 bridgehead atoms. The van der Waals surface area contributed by atoms with Crippen LogP contribution in [0.25, 0.3) is 10.9 Å². The Hall–Kier alpha value is -3.48. The number of hydrogen-bond donors (Lipinski definition) is 3. The molecule has 1 unspecified atom stereocenters. The second-order valence-electron chi connectivity index (χ2n) is 6.03. The molecule has 0 fully saturated rings. The highest BCUT2D eigenvalue weighted by Crippen LogP contribution is 2.24. The number of carboxylic acid groups (broad SMARTS) is 1. The molecule has 0 aliphatic carbocycles. The van der Waals surface area contributed by atoms with E-state index in [1.165, 1.54) is 0 Å². The van der Waals surface area contributed by atoms with Crippen molar-refractivity contribution in [1.29, 1.82) is 0 Å². The molecular weight excluding hydrogens is 348 g/mol. The Bertz CT molecular complexity index is 936. The number of hydrogen-bond acceptors (Lipinski definition) is 4. The van der Waals surface area contributed by atoms with Gasteiger partial charge in [-0.25, -0.2) is 9.59 Å². The summed E-state index contributed by atoms with van der Waals surface area (Å²) >= 11 is 0. The van der Waals surface area contributed by atoms with Crippen molar-refractivity contribution in [3.05, 3.63) is 65.9 Å². The molecule has 0 aliphatic rings. The third-order valence-corrected chi connectivity index (χ3v) is 4.20. The highest BCUT2D eigenvalue weighted by atomic mass is 16.5. The number of nitrogens with one attached hydrogen (secondary N) is 2. The van der Waals surface area contributed by atoms with Crippen molar-refractivity contribution < 1.29 is 24.2 Å². The summed E-state index contributed by atoms with van der Waals surface area (Å²) in [4.78, 5) is 26.6. The van der Waals surface area contributed by atoms with Gasteiger partial charge in [-0.15, -0.1) is 0 Å². The van der Waals surface area contributed by atoms with E-state index in [0.717, 1.165) is 22.0 Å². The third kappa shape index (κ3) is 4.58. The van der Waals surface area contributed by atoms with Crippen molar-refractivity contribution >= 4 is 23.0 Å². The largest absolute Gasteiger partial charge is 0.497 e. The SMILES string of the molecule is COc1ccc2c(CC(NC(=O)OCc3ccccc3)C(=O)O)c[nH]c2c1. The van der Waals surface area contributed by atoms with Crippen LogP contribution in [0.5, 0.6) is 5.75 Å². The molecule has 0 saturated heterocycles. The van der Waals surface area contributed by atoms with Gasteiger partial charge in [0.2, 0.25) is 0 Å². The summed E-state index contributed by atoms with van der Waals surface area (Å²) < 4.78 is 10.3. The van der Waals surface area contributed by atoms with Crippen LogP contribution in [0.2, 0.25) is 0 Å². The topological polar surface area (TPSA) is 101 Å². The van der Waals surface area contributed by atoms with E-state index in [0.29, 0.717) is 5.75 Å². The molecule has 7 heteroatoms. The Morgan fingerprint density at radius 2 is 1.96 bits per heavy atom. The number of carboxylic acids is 1. The zero-order chi connectivity index (χ0) is 19.2. The van der Waals surface area contributed by atoms with Gasteiger partial charge >= 0.3 is 12.1 Å². The van der Waals surface area contributed by atoms with Gasteiger partial charge in [0.25, 0.3) is 0 Å². The molecule has 7 nitrogen and oxygen atoms in total. The number of H-pyrrole nitrogens is 1. The molecule has 3 rings (SSSR count). The molecular formula is C20H20N2O5. The summed E-state index contributed by atoms with van der Waals surface area (Å²) in [5.41, 5.74) is 2.44. The molecule has 0 aliphatic heterocycles. The molecule has 0 spiro atoms. The highest BCUT2D eigenvalue weighted by Gasteiger charge is 2.22. The van der Waals surface area contributed by atoms with E-state index < -0.39 is 18.1 Å². The van der Waals surface area contributed by atoms with E-state index in [4.69, 9.17) is 9.47 Å². The standard InChI is InChI=1S/C20H20N2O5/c1-26-15-7-8-16-14(11-21-17(16)10-15)9-18(19(23)24)22-20(25)27-12-13-5-3-2-4-6-13/h2-8,10-11,18,21H,9,12H2,1H3,(H,22,25)(H,23,24). The van der Waals surface area contributed by atoms with Crippen LogP contribution in [0.1, 0.15) is 11.1 Å². The maximum absolute atomic E-state index is 12.0. The predicted molar refractivity (Wildman–Crippen MR) is 99.7 cm³/mol. The van der Waals surface area contributed by atoms with E-state index in [2.05, 4.69) is 10.3 Å². The second kappa shape index (κ2) is 8.27. The summed E-state index contributed by atoms with van der Waals surface area (Å²) in [6.07, 6.45) is 1.09. The lowest BCUT2D eigenvalue weighted by Crippen LogP contribution is -2.42. The zero-order valence-electron chi connectivity index (χ0n) is 14.8. The molecule has 3 N–H and O–H groups in total. The Morgan fingerprint density at radius 1 is 1.19 bits per heavy atom. The van der Waals surface area contributed by atoms with Crippen molar-refractivity contribution in [1.82, 2.24) is 10.3 Å². The number of carbonyl (C=O) groups excluding carboxylic acids is 1. The van der Waals surface area contributed by atoms with Crippen molar-refractivity contribution in [3.8, 4) is 5.75 Å². The Kier molecular flexibility index (Phi) is 5.61. The number of aromatic nitrogens is 1. The molecule has 1 heterocycles. The quantitative estimate of drug-likeness (QED) is 0.595. The number of benzene rings is 2. The zero-order valence-corrected chi connectivity index (χ0v) is 14.8. The minimum absolute atomic E-state index is 0.0753. The van der Waals surface area contributed by atoms with E-state index in [-0.39, 0.29) is 13.0 Å². The lowest BCUT2D eigenvalue weighted by molar-refractivity contribution is -0.139. The third-order valence-electron chi connectivity index (χ3n) is 4.20. The number of fused-ring (bicyclic) bond motifs is 1. The van der Waals surface area contributed by atoms with Crippen LogP contribution in [0.15, 0.2) is 54.7 Å². The maximum Gasteiger partial charge on any atom is 0.408 e. The van der Waals surface area contributed by atoms with Crippen LogP contribution in [-0.2, 0) is 22.6 Å². The van der Waals surface area contributed by atoms with Crippen molar-refractivity contribution in [2.24, 2.45) is 0 Å². The van der Waals surface area contributed by atoms with Crippen molar-refractivity contribution in [2.75, 3.05) is 7.11 Å². The van der Waals surface area contributed by atoms with Crippen LogP contribution in [0, 0.1) is 0 Å². The first-order valence-corrected chi connectivity index (χ1v) is 8.41. The fourth-order valence-corrected chi connectivity index (χ4v) is 2.79. The van der Waals surface area contributed by atoms with Gasteiger partial charge in [0.1, 0.15) is 18.4 Å². The van der Waals surface area contributed by atoms with Crippen LogP contribution >= 0.6 is 0 Å². The summed E-state index contributed by atoms with van der Waals surface area (Å²) in [5.74, 6) is -0.428. The molecule has 0 radical (unpaired) electrons. The van der Waals surface area contributed by atoms with Gasteiger partial charge in [-0.3, -0.25) is 0 Å². The molecule has 140 valence electrons. The number of amides is 1. The smallest absolute Gasteiger partial charge is 0.408 e. The number of aliphatic carboxylic acids is 1. The van der Waals surface area contributed by atoms with E-state index in [1.807, 2.05) is 42.5 Å². The van der Waals surface area contributed by atoms with E-state index in [1.54, 1.807) is 19.4 Å². The number of alkyl carbamates (subject to hydrolysis) is 1. The average molecular weight is 368 g/mol. The fourth-order valence-electron chi connectivity index (χ4n) is 2.79. The minimum Gasteiger partial charge on any atom is -0.497 e. The van der Waals surface area contributed by atoms with Gasteiger partial charge in [-0.2, -0.15) is 0 Å².